The first kappa shape index (κ1) is 19.1. The first-order valence-electron chi connectivity index (χ1n) is 7.33. The van der Waals surface area contributed by atoms with Gasteiger partial charge in [0.15, 0.2) is 11.5 Å². The van der Waals surface area contributed by atoms with Gasteiger partial charge in [-0.2, -0.15) is 0 Å². The summed E-state index contributed by atoms with van der Waals surface area (Å²) in [5, 5.41) is 12.7. The number of carboxylic acids is 1. The molecular weight excluding hydrogens is 410 g/mol. The highest BCUT2D eigenvalue weighted by molar-refractivity contribution is 9.10. The van der Waals surface area contributed by atoms with Crippen molar-refractivity contribution in [3.05, 3.63) is 63.6 Å². The molecular formula is C18H17BrClNO4. The Hall–Kier alpha value is -2.18. The third-order valence-electron chi connectivity index (χ3n) is 3.33. The van der Waals surface area contributed by atoms with Gasteiger partial charge in [0.2, 0.25) is 0 Å². The standard InChI is InChI=1S/C18H17BrClNO4/c1-3-6-25-17-13(19)7-11(8-16(17)24-2)10-21-15-9-12(18(22)23)4-5-14(15)20/h3-5,7-9,21H,1,6,10H2,2H3,(H,22,23). The largest absolute Gasteiger partial charge is 0.493 e. The highest BCUT2D eigenvalue weighted by Crippen LogP contribution is 2.37. The zero-order valence-corrected chi connectivity index (χ0v) is 15.9. The molecule has 0 spiro atoms. The summed E-state index contributed by atoms with van der Waals surface area (Å²) in [6.07, 6.45) is 1.65. The van der Waals surface area contributed by atoms with Crippen LogP contribution in [0.3, 0.4) is 0 Å². The number of halogens is 2. The van der Waals surface area contributed by atoms with Gasteiger partial charge >= 0.3 is 5.97 Å². The van der Waals surface area contributed by atoms with Crippen LogP contribution >= 0.6 is 27.5 Å². The van der Waals surface area contributed by atoms with E-state index in [1.807, 2.05) is 12.1 Å². The molecule has 7 heteroatoms. The number of aromatic carboxylic acids is 1. The van der Waals surface area contributed by atoms with Crippen LogP contribution in [0, 0.1) is 0 Å². The Labute approximate surface area is 159 Å². The quantitative estimate of drug-likeness (QED) is 0.582. The molecule has 2 aromatic rings. The average Bonchev–Trinajstić information content (AvgIpc) is 2.59. The molecule has 0 saturated carbocycles. The van der Waals surface area contributed by atoms with Crippen LogP contribution in [-0.4, -0.2) is 24.8 Å². The van der Waals surface area contributed by atoms with E-state index in [4.69, 9.17) is 26.2 Å². The Morgan fingerprint density at radius 3 is 2.80 bits per heavy atom. The molecule has 0 aliphatic heterocycles. The van der Waals surface area contributed by atoms with Crippen molar-refractivity contribution in [2.75, 3.05) is 19.0 Å². The minimum atomic E-state index is -1.01. The number of anilines is 1. The zero-order chi connectivity index (χ0) is 18.4. The molecule has 0 aliphatic rings. The summed E-state index contributed by atoms with van der Waals surface area (Å²) in [7, 11) is 1.56. The van der Waals surface area contributed by atoms with E-state index in [1.165, 1.54) is 12.1 Å². The summed E-state index contributed by atoms with van der Waals surface area (Å²) in [4.78, 5) is 11.1. The van der Waals surface area contributed by atoms with Crippen LogP contribution < -0.4 is 14.8 Å². The molecule has 0 unspecified atom stereocenters. The Morgan fingerprint density at radius 1 is 1.40 bits per heavy atom. The maximum Gasteiger partial charge on any atom is 0.335 e. The Kier molecular flexibility index (Phi) is 6.73. The third-order valence-corrected chi connectivity index (χ3v) is 4.25. The van der Waals surface area contributed by atoms with Crippen molar-refractivity contribution in [1.82, 2.24) is 0 Å². The summed E-state index contributed by atoms with van der Waals surface area (Å²) < 4.78 is 11.7. The van der Waals surface area contributed by atoms with Gasteiger partial charge in [0.25, 0.3) is 0 Å². The second kappa shape index (κ2) is 8.78. The number of benzene rings is 2. The molecule has 0 heterocycles. The summed E-state index contributed by atoms with van der Waals surface area (Å²) in [6.45, 7) is 4.42. The lowest BCUT2D eigenvalue weighted by atomic mass is 10.1. The fourth-order valence-corrected chi connectivity index (χ4v) is 2.94. The summed E-state index contributed by atoms with van der Waals surface area (Å²) >= 11 is 9.59. The van der Waals surface area contributed by atoms with Crippen LogP contribution in [0.5, 0.6) is 11.5 Å². The van der Waals surface area contributed by atoms with Gasteiger partial charge in [-0.15, -0.1) is 0 Å². The second-order valence-electron chi connectivity index (χ2n) is 5.06. The van der Waals surface area contributed by atoms with Crippen molar-refractivity contribution in [2.45, 2.75) is 6.54 Å². The molecule has 0 fully saturated rings. The van der Waals surface area contributed by atoms with E-state index in [0.717, 1.165) is 10.0 Å². The topological polar surface area (TPSA) is 67.8 Å². The predicted molar refractivity (Wildman–Crippen MR) is 102 cm³/mol. The number of carbonyl (C=O) groups is 1. The minimum Gasteiger partial charge on any atom is -0.493 e. The number of ether oxygens (including phenoxy) is 2. The van der Waals surface area contributed by atoms with Gasteiger partial charge in [-0.1, -0.05) is 24.3 Å². The maximum atomic E-state index is 11.1. The van der Waals surface area contributed by atoms with Crippen LogP contribution in [0.15, 0.2) is 47.5 Å². The molecule has 25 heavy (non-hydrogen) atoms. The second-order valence-corrected chi connectivity index (χ2v) is 6.32. The molecule has 2 aromatic carbocycles. The lowest BCUT2D eigenvalue weighted by molar-refractivity contribution is 0.0697. The number of hydrogen-bond donors (Lipinski definition) is 2. The van der Waals surface area contributed by atoms with E-state index in [1.54, 1.807) is 19.3 Å². The van der Waals surface area contributed by atoms with E-state index in [-0.39, 0.29) is 5.56 Å². The van der Waals surface area contributed by atoms with Gasteiger partial charge < -0.3 is 19.9 Å². The fraction of sp³-hybridized carbons (Fsp3) is 0.167. The lowest BCUT2D eigenvalue weighted by Gasteiger charge is -2.15. The van der Waals surface area contributed by atoms with E-state index in [9.17, 15) is 4.79 Å². The van der Waals surface area contributed by atoms with E-state index in [2.05, 4.69) is 27.8 Å². The molecule has 0 radical (unpaired) electrons. The summed E-state index contributed by atoms with van der Waals surface area (Å²) in [5.74, 6) is 0.170. The zero-order valence-electron chi connectivity index (χ0n) is 13.5. The molecule has 2 rings (SSSR count). The van der Waals surface area contributed by atoms with Crippen LogP contribution in [0.4, 0.5) is 5.69 Å². The predicted octanol–water partition coefficient (Wildman–Crippen LogP) is 4.99. The smallest absolute Gasteiger partial charge is 0.335 e. The number of hydrogen-bond acceptors (Lipinski definition) is 4. The van der Waals surface area contributed by atoms with E-state index in [0.29, 0.717) is 35.4 Å². The number of rotatable bonds is 8. The third kappa shape index (κ3) is 4.90. The van der Waals surface area contributed by atoms with Crippen molar-refractivity contribution in [3.8, 4) is 11.5 Å². The van der Waals surface area contributed by atoms with E-state index < -0.39 is 5.97 Å². The minimum absolute atomic E-state index is 0.166. The Balaban J connectivity index is 2.21. The summed E-state index contributed by atoms with van der Waals surface area (Å²) in [6, 6.07) is 8.24. The van der Waals surface area contributed by atoms with Crippen LogP contribution in [0.2, 0.25) is 5.02 Å². The van der Waals surface area contributed by atoms with Crippen molar-refractivity contribution < 1.29 is 19.4 Å². The van der Waals surface area contributed by atoms with Gasteiger partial charge in [0.1, 0.15) is 6.61 Å². The van der Waals surface area contributed by atoms with Crippen molar-refractivity contribution >= 4 is 39.2 Å². The number of methoxy groups -OCH3 is 1. The Morgan fingerprint density at radius 2 is 2.16 bits per heavy atom. The average molecular weight is 427 g/mol. The highest BCUT2D eigenvalue weighted by atomic mass is 79.9. The Bertz CT molecular complexity index is 795. The van der Waals surface area contributed by atoms with Crippen LogP contribution in [0.25, 0.3) is 0 Å². The van der Waals surface area contributed by atoms with Gasteiger partial charge in [0, 0.05) is 6.54 Å². The van der Waals surface area contributed by atoms with Crippen LogP contribution in [-0.2, 0) is 6.54 Å². The van der Waals surface area contributed by atoms with Gasteiger partial charge in [-0.05, 0) is 51.8 Å². The molecule has 0 bridgehead atoms. The molecule has 132 valence electrons. The number of carboxylic acid groups (broad SMARTS) is 1. The lowest BCUT2D eigenvalue weighted by Crippen LogP contribution is -2.04. The molecule has 0 aromatic heterocycles. The SMILES string of the molecule is C=CCOc1c(Br)cc(CNc2cc(C(=O)O)ccc2Cl)cc1OC. The molecule has 2 N–H and O–H groups in total. The maximum absolute atomic E-state index is 11.1. The highest BCUT2D eigenvalue weighted by Gasteiger charge is 2.12. The molecule has 5 nitrogen and oxygen atoms in total. The van der Waals surface area contributed by atoms with Crippen molar-refractivity contribution in [1.29, 1.82) is 0 Å². The van der Waals surface area contributed by atoms with Crippen molar-refractivity contribution in [2.24, 2.45) is 0 Å². The summed E-state index contributed by atoms with van der Waals surface area (Å²) in [5.41, 5.74) is 1.62. The van der Waals surface area contributed by atoms with Gasteiger partial charge in [-0.25, -0.2) is 4.79 Å². The molecule has 0 amide bonds. The fourth-order valence-electron chi connectivity index (χ4n) is 2.15. The monoisotopic (exact) mass is 425 g/mol. The van der Waals surface area contributed by atoms with Crippen molar-refractivity contribution in [3.63, 3.8) is 0 Å². The normalized spacial score (nSPS) is 10.2. The van der Waals surface area contributed by atoms with E-state index >= 15 is 0 Å². The van der Waals surface area contributed by atoms with Gasteiger partial charge in [0.05, 0.1) is 27.9 Å². The van der Waals surface area contributed by atoms with Gasteiger partial charge in [-0.3, -0.25) is 0 Å². The first-order valence-corrected chi connectivity index (χ1v) is 8.50. The van der Waals surface area contributed by atoms with Crippen LogP contribution in [0.1, 0.15) is 15.9 Å². The first-order chi connectivity index (χ1) is 12.0. The molecule has 0 saturated heterocycles. The molecule has 0 atom stereocenters. The molecule has 0 aliphatic carbocycles. The number of nitrogens with one attached hydrogen (secondary N) is 1.